The van der Waals surface area contributed by atoms with Crippen LogP contribution in [0.1, 0.15) is 15.9 Å². The number of amides is 1. The largest absolute Gasteiger partial charge is 0.497 e. The summed E-state index contributed by atoms with van der Waals surface area (Å²) in [6.07, 6.45) is -1.69. The van der Waals surface area contributed by atoms with E-state index in [1.165, 1.54) is 55.9 Å². The number of anilines is 3. The van der Waals surface area contributed by atoms with Gasteiger partial charge in [-0.25, -0.2) is 0 Å². The Morgan fingerprint density at radius 3 is 2.30 bits per heavy atom. The Bertz CT molecular complexity index is 1070. The zero-order chi connectivity index (χ0) is 21.4. The van der Waals surface area contributed by atoms with Crippen molar-refractivity contribution in [1.29, 1.82) is 0 Å². The third-order valence-corrected chi connectivity index (χ3v) is 4.81. The highest BCUT2D eigenvalue weighted by Gasteiger charge is 2.59. The number of aromatic nitrogens is 1. The molecule has 1 aliphatic heterocycles. The number of nitrogens with zero attached hydrogens (tertiary/aromatic N) is 1. The molecular weight excluding hydrogens is 397 g/mol. The van der Waals surface area contributed by atoms with Crippen LogP contribution in [-0.4, -0.2) is 24.2 Å². The topological polar surface area (TPSA) is 75.3 Å². The molecule has 3 aromatic rings. The van der Waals surface area contributed by atoms with E-state index >= 15 is 0 Å². The second kappa shape index (κ2) is 7.25. The number of hydrogen-bond donors (Lipinski definition) is 3. The van der Waals surface area contributed by atoms with Crippen molar-refractivity contribution >= 4 is 23.0 Å². The fourth-order valence-corrected chi connectivity index (χ4v) is 3.26. The van der Waals surface area contributed by atoms with Crippen LogP contribution in [0.15, 0.2) is 67.0 Å². The molecule has 4 rings (SSSR count). The van der Waals surface area contributed by atoms with Gasteiger partial charge in [0, 0.05) is 35.3 Å². The number of carbonyl (C=O) groups excluding carboxylic acids is 1. The van der Waals surface area contributed by atoms with Crippen molar-refractivity contribution in [2.75, 3.05) is 23.1 Å². The molecular formula is C21H17F3N4O2. The number of halogens is 3. The second-order valence-corrected chi connectivity index (χ2v) is 6.68. The number of methoxy groups -OCH3 is 1. The van der Waals surface area contributed by atoms with E-state index in [0.29, 0.717) is 22.7 Å². The van der Waals surface area contributed by atoms with E-state index in [0.717, 1.165) is 0 Å². The van der Waals surface area contributed by atoms with Crippen LogP contribution in [0.3, 0.4) is 0 Å². The summed E-state index contributed by atoms with van der Waals surface area (Å²) in [6, 6.07) is 13.2. The smallest absolute Gasteiger partial charge is 0.434 e. The maximum atomic E-state index is 14.1. The van der Waals surface area contributed by atoms with Crippen LogP contribution in [0.5, 0.6) is 5.75 Å². The molecule has 1 aromatic heterocycles. The minimum absolute atomic E-state index is 0.0490. The second-order valence-electron chi connectivity index (χ2n) is 6.68. The van der Waals surface area contributed by atoms with Crippen molar-refractivity contribution in [1.82, 2.24) is 4.98 Å². The number of rotatable bonds is 4. The van der Waals surface area contributed by atoms with Gasteiger partial charge in [0.15, 0.2) is 0 Å². The summed E-state index contributed by atoms with van der Waals surface area (Å²) in [5.74, 6) is 0.0579. The maximum absolute atomic E-state index is 14.1. The third-order valence-electron chi connectivity index (χ3n) is 4.81. The van der Waals surface area contributed by atoms with Gasteiger partial charge in [-0.15, -0.1) is 0 Å². The van der Waals surface area contributed by atoms with Gasteiger partial charge in [0.2, 0.25) is 5.66 Å². The van der Waals surface area contributed by atoms with Crippen LogP contribution in [-0.2, 0) is 5.66 Å². The number of hydrogen-bond acceptors (Lipinski definition) is 5. The average molecular weight is 414 g/mol. The maximum Gasteiger partial charge on any atom is 0.434 e. The number of carbonyl (C=O) groups is 1. The van der Waals surface area contributed by atoms with E-state index < -0.39 is 11.8 Å². The third kappa shape index (κ3) is 3.38. The van der Waals surface area contributed by atoms with E-state index in [-0.39, 0.29) is 17.2 Å². The van der Waals surface area contributed by atoms with Gasteiger partial charge in [-0.2, -0.15) is 13.2 Å². The molecule has 3 N–H and O–H groups in total. The fourth-order valence-electron chi connectivity index (χ4n) is 3.26. The van der Waals surface area contributed by atoms with E-state index in [1.54, 1.807) is 18.2 Å². The van der Waals surface area contributed by atoms with Crippen molar-refractivity contribution in [3.63, 3.8) is 0 Å². The van der Waals surface area contributed by atoms with Crippen LogP contribution < -0.4 is 20.7 Å². The lowest BCUT2D eigenvalue weighted by Gasteiger charge is -2.33. The van der Waals surface area contributed by atoms with Gasteiger partial charge >= 0.3 is 6.18 Å². The monoisotopic (exact) mass is 414 g/mol. The zero-order valence-electron chi connectivity index (χ0n) is 15.7. The van der Waals surface area contributed by atoms with Crippen LogP contribution in [0.4, 0.5) is 30.2 Å². The molecule has 2 aromatic carbocycles. The predicted octanol–water partition coefficient (Wildman–Crippen LogP) is 4.60. The van der Waals surface area contributed by atoms with Gasteiger partial charge in [0.1, 0.15) is 5.75 Å². The lowest BCUT2D eigenvalue weighted by molar-refractivity contribution is -0.172. The molecule has 0 saturated heterocycles. The Morgan fingerprint density at radius 2 is 1.67 bits per heavy atom. The number of pyridine rings is 1. The minimum atomic E-state index is -4.65. The molecule has 30 heavy (non-hydrogen) atoms. The van der Waals surface area contributed by atoms with Gasteiger partial charge < -0.3 is 20.7 Å². The van der Waals surface area contributed by atoms with E-state index in [9.17, 15) is 18.0 Å². The molecule has 0 spiro atoms. The van der Waals surface area contributed by atoms with Crippen LogP contribution in [0.25, 0.3) is 0 Å². The predicted molar refractivity (Wildman–Crippen MR) is 107 cm³/mol. The summed E-state index contributed by atoms with van der Waals surface area (Å²) in [5, 5.41) is 7.76. The molecule has 6 nitrogen and oxygen atoms in total. The molecule has 2 heterocycles. The Kier molecular flexibility index (Phi) is 4.73. The first-order valence-corrected chi connectivity index (χ1v) is 8.95. The Morgan fingerprint density at radius 1 is 1.00 bits per heavy atom. The van der Waals surface area contributed by atoms with Gasteiger partial charge in [0.25, 0.3) is 5.91 Å². The first-order valence-electron chi connectivity index (χ1n) is 8.95. The summed E-state index contributed by atoms with van der Waals surface area (Å²) in [6.45, 7) is 0. The lowest BCUT2D eigenvalue weighted by atomic mass is 9.99. The summed E-state index contributed by atoms with van der Waals surface area (Å²) < 4.78 is 47.5. The minimum Gasteiger partial charge on any atom is -0.497 e. The SMILES string of the molecule is COc1ccc2c(c1)NC(c1ccc(NC(=O)c3ccncc3)cc1)(C(F)(F)F)N2. The lowest BCUT2D eigenvalue weighted by Crippen LogP contribution is -2.52. The quantitative estimate of drug-likeness (QED) is 0.582. The first-order chi connectivity index (χ1) is 14.3. The number of fused-ring (bicyclic) bond motifs is 1. The molecule has 1 amide bonds. The number of nitrogens with one attached hydrogen (secondary N) is 3. The van der Waals surface area contributed by atoms with Crippen molar-refractivity contribution < 1.29 is 22.7 Å². The number of ether oxygens (including phenoxy) is 1. The van der Waals surface area contributed by atoms with Crippen LogP contribution in [0.2, 0.25) is 0 Å². The Labute approximate surface area is 170 Å². The average Bonchev–Trinajstić information content (AvgIpc) is 3.15. The highest BCUT2D eigenvalue weighted by Crippen LogP contribution is 2.49. The van der Waals surface area contributed by atoms with Crippen LogP contribution in [0, 0.1) is 0 Å². The summed E-state index contributed by atoms with van der Waals surface area (Å²) in [4.78, 5) is 16.1. The fraction of sp³-hybridized carbons (Fsp3) is 0.143. The standard InChI is InChI=1S/C21H17F3N4O2/c1-30-16-6-7-17-18(12-16)28-20(27-17,21(22,23)24)14-2-4-15(5-3-14)26-19(29)13-8-10-25-11-9-13/h2-12,27-28H,1H3,(H,26,29). The molecule has 154 valence electrons. The first kappa shape index (κ1) is 19.6. The molecule has 1 unspecified atom stereocenters. The molecule has 0 fully saturated rings. The number of alkyl halides is 3. The van der Waals surface area contributed by atoms with Gasteiger partial charge in [0.05, 0.1) is 18.5 Å². The summed E-state index contributed by atoms with van der Waals surface area (Å²) in [7, 11) is 1.44. The molecule has 0 radical (unpaired) electrons. The van der Waals surface area contributed by atoms with Crippen molar-refractivity contribution in [3.05, 3.63) is 78.1 Å². The Hall–Kier alpha value is -3.75. The van der Waals surface area contributed by atoms with E-state index in [4.69, 9.17) is 4.74 Å². The summed E-state index contributed by atoms with van der Waals surface area (Å²) in [5.41, 5.74) is -1.20. The van der Waals surface area contributed by atoms with Crippen molar-refractivity contribution in [2.24, 2.45) is 0 Å². The van der Waals surface area contributed by atoms with Crippen LogP contribution >= 0.6 is 0 Å². The van der Waals surface area contributed by atoms with Gasteiger partial charge in [-0.1, -0.05) is 12.1 Å². The van der Waals surface area contributed by atoms with Crippen molar-refractivity contribution in [3.8, 4) is 5.75 Å². The highest BCUT2D eigenvalue weighted by atomic mass is 19.4. The molecule has 1 aliphatic rings. The van der Waals surface area contributed by atoms with Gasteiger partial charge in [-0.05, 0) is 36.4 Å². The molecule has 0 aliphatic carbocycles. The molecule has 9 heteroatoms. The van der Waals surface area contributed by atoms with Crippen molar-refractivity contribution in [2.45, 2.75) is 11.8 Å². The normalized spacial score (nSPS) is 17.5. The Balaban J connectivity index is 1.61. The van der Waals surface area contributed by atoms with E-state index in [2.05, 4.69) is 20.9 Å². The highest BCUT2D eigenvalue weighted by molar-refractivity contribution is 6.04. The van der Waals surface area contributed by atoms with Gasteiger partial charge in [-0.3, -0.25) is 9.78 Å². The van der Waals surface area contributed by atoms with E-state index in [1.807, 2.05) is 0 Å². The molecule has 0 bridgehead atoms. The summed E-state index contributed by atoms with van der Waals surface area (Å²) >= 11 is 0. The molecule has 0 saturated carbocycles. The zero-order valence-corrected chi connectivity index (χ0v) is 15.7. The number of benzene rings is 2. The molecule has 1 atom stereocenters.